The van der Waals surface area contributed by atoms with Crippen LogP contribution in [-0.2, 0) is 20.9 Å². The van der Waals surface area contributed by atoms with E-state index in [1.54, 1.807) is 0 Å². The van der Waals surface area contributed by atoms with E-state index in [1.807, 2.05) is 30.3 Å². The van der Waals surface area contributed by atoms with Crippen LogP contribution in [0.4, 0.5) is 0 Å². The third kappa shape index (κ3) is 2.82. The first kappa shape index (κ1) is 11.6. The summed E-state index contributed by atoms with van der Waals surface area (Å²) in [5.74, 6) is -0.601. The molecule has 5 nitrogen and oxygen atoms in total. The summed E-state index contributed by atoms with van der Waals surface area (Å²) in [5.41, 5.74) is 6.33. The fraction of sp³-hybridized carbons (Fsp3) is 0.333. The molecule has 0 bridgehead atoms. The number of rotatable bonds is 4. The molecule has 1 aromatic carbocycles. The Kier molecular flexibility index (Phi) is 3.39. The Bertz CT molecular complexity index is 419. The summed E-state index contributed by atoms with van der Waals surface area (Å²) in [7, 11) is 0. The van der Waals surface area contributed by atoms with Gasteiger partial charge in [0.15, 0.2) is 0 Å². The van der Waals surface area contributed by atoms with Gasteiger partial charge >= 0.3 is 5.97 Å². The van der Waals surface area contributed by atoms with Gasteiger partial charge in [0.25, 0.3) is 0 Å². The fourth-order valence-corrected chi connectivity index (χ4v) is 1.61. The SMILES string of the molecule is NC1CN(CC(=O)OCc2ccccc2)C1=O. The summed E-state index contributed by atoms with van der Waals surface area (Å²) in [6, 6.07) is 8.95. The Labute approximate surface area is 99.2 Å². The van der Waals surface area contributed by atoms with Crippen molar-refractivity contribution in [1.82, 2.24) is 4.90 Å². The maximum absolute atomic E-state index is 11.4. The minimum atomic E-state index is -0.447. The number of nitrogens with zero attached hydrogens (tertiary/aromatic N) is 1. The van der Waals surface area contributed by atoms with Crippen LogP contribution in [0.15, 0.2) is 30.3 Å². The Balaban J connectivity index is 1.73. The molecule has 1 fully saturated rings. The van der Waals surface area contributed by atoms with Crippen LogP contribution in [0.3, 0.4) is 0 Å². The molecule has 0 aromatic heterocycles. The Morgan fingerprint density at radius 1 is 1.41 bits per heavy atom. The van der Waals surface area contributed by atoms with Crippen LogP contribution < -0.4 is 5.73 Å². The molecule has 1 amide bonds. The van der Waals surface area contributed by atoms with Crippen molar-refractivity contribution in [3.05, 3.63) is 35.9 Å². The zero-order valence-electron chi connectivity index (χ0n) is 9.33. The monoisotopic (exact) mass is 234 g/mol. The molecule has 1 aromatic rings. The minimum Gasteiger partial charge on any atom is -0.459 e. The highest BCUT2D eigenvalue weighted by atomic mass is 16.5. The number of amides is 1. The molecule has 0 radical (unpaired) electrons. The maximum Gasteiger partial charge on any atom is 0.325 e. The quantitative estimate of drug-likeness (QED) is 0.583. The number of esters is 1. The third-order valence-electron chi connectivity index (χ3n) is 2.61. The molecule has 1 heterocycles. The summed E-state index contributed by atoms with van der Waals surface area (Å²) in [6.07, 6.45) is 0. The lowest BCUT2D eigenvalue weighted by atomic mass is 10.1. The van der Waals surface area contributed by atoms with Crippen LogP contribution in [-0.4, -0.2) is 35.9 Å². The van der Waals surface area contributed by atoms with Gasteiger partial charge < -0.3 is 15.4 Å². The van der Waals surface area contributed by atoms with Crippen LogP contribution >= 0.6 is 0 Å². The van der Waals surface area contributed by atoms with Crippen molar-refractivity contribution < 1.29 is 14.3 Å². The van der Waals surface area contributed by atoms with Crippen molar-refractivity contribution >= 4 is 11.9 Å². The molecular weight excluding hydrogens is 220 g/mol. The Hall–Kier alpha value is -1.88. The highest BCUT2D eigenvalue weighted by molar-refractivity contribution is 5.90. The van der Waals surface area contributed by atoms with Gasteiger partial charge in [-0.25, -0.2) is 0 Å². The fourth-order valence-electron chi connectivity index (χ4n) is 1.61. The second-order valence-electron chi connectivity index (χ2n) is 3.97. The number of carbonyl (C=O) groups is 2. The predicted octanol–water partition coefficient (Wildman–Crippen LogP) is -0.101. The minimum absolute atomic E-state index is 0.0145. The van der Waals surface area contributed by atoms with Crippen molar-refractivity contribution in [2.24, 2.45) is 5.73 Å². The molecule has 17 heavy (non-hydrogen) atoms. The topological polar surface area (TPSA) is 72.6 Å². The van der Waals surface area contributed by atoms with E-state index in [-0.39, 0.29) is 19.1 Å². The molecule has 0 spiro atoms. The molecule has 1 aliphatic heterocycles. The standard InChI is InChI=1S/C12H14N2O3/c13-10-6-14(12(10)16)7-11(15)17-8-9-4-2-1-3-5-9/h1-5,10H,6-8,13H2. The lowest BCUT2D eigenvalue weighted by molar-refractivity contribution is -0.155. The molecule has 1 aliphatic rings. The van der Waals surface area contributed by atoms with Crippen molar-refractivity contribution in [1.29, 1.82) is 0 Å². The number of β-lactam (4-membered cyclic amide) rings is 1. The van der Waals surface area contributed by atoms with Gasteiger partial charge in [0.1, 0.15) is 19.2 Å². The molecule has 0 aliphatic carbocycles. The van der Waals surface area contributed by atoms with Gasteiger partial charge in [0, 0.05) is 6.54 Å². The number of benzene rings is 1. The van der Waals surface area contributed by atoms with Crippen LogP contribution in [0.2, 0.25) is 0 Å². The van der Waals surface area contributed by atoms with E-state index in [1.165, 1.54) is 4.90 Å². The van der Waals surface area contributed by atoms with E-state index in [0.29, 0.717) is 6.54 Å². The summed E-state index contributed by atoms with van der Waals surface area (Å²) >= 11 is 0. The number of carbonyl (C=O) groups excluding carboxylic acids is 2. The second kappa shape index (κ2) is 4.97. The molecule has 1 atom stereocenters. The second-order valence-corrected chi connectivity index (χ2v) is 3.97. The van der Waals surface area contributed by atoms with Gasteiger partial charge in [-0.3, -0.25) is 9.59 Å². The summed E-state index contributed by atoms with van der Waals surface area (Å²) in [4.78, 5) is 24.0. The average Bonchev–Trinajstić information content (AvgIpc) is 2.37. The normalized spacial score (nSPS) is 18.8. The van der Waals surface area contributed by atoms with Crippen LogP contribution in [0.5, 0.6) is 0 Å². The third-order valence-corrected chi connectivity index (χ3v) is 2.61. The average molecular weight is 234 g/mol. The van der Waals surface area contributed by atoms with Gasteiger partial charge in [-0.05, 0) is 5.56 Å². The van der Waals surface area contributed by atoms with Crippen LogP contribution in [0.1, 0.15) is 5.56 Å². The first-order chi connectivity index (χ1) is 8.16. The van der Waals surface area contributed by atoms with Crippen LogP contribution in [0.25, 0.3) is 0 Å². The zero-order chi connectivity index (χ0) is 12.3. The smallest absolute Gasteiger partial charge is 0.325 e. The van der Waals surface area contributed by atoms with Gasteiger partial charge in [-0.1, -0.05) is 30.3 Å². The molecule has 5 heteroatoms. The maximum atomic E-state index is 11.4. The summed E-state index contributed by atoms with van der Waals surface area (Å²) in [6.45, 7) is 0.645. The van der Waals surface area contributed by atoms with Gasteiger partial charge in [0.2, 0.25) is 5.91 Å². The van der Waals surface area contributed by atoms with Crippen molar-refractivity contribution in [3.8, 4) is 0 Å². The predicted molar refractivity (Wildman–Crippen MR) is 60.8 cm³/mol. The van der Waals surface area contributed by atoms with E-state index in [9.17, 15) is 9.59 Å². The number of likely N-dealkylation sites (tertiary alicyclic amines) is 1. The number of nitrogens with two attached hydrogens (primary N) is 1. The van der Waals surface area contributed by atoms with Crippen molar-refractivity contribution in [2.45, 2.75) is 12.6 Å². The number of hydrogen-bond donors (Lipinski definition) is 1. The van der Waals surface area contributed by atoms with Gasteiger partial charge in [-0.2, -0.15) is 0 Å². The van der Waals surface area contributed by atoms with E-state index < -0.39 is 12.0 Å². The van der Waals surface area contributed by atoms with E-state index in [4.69, 9.17) is 10.5 Å². The van der Waals surface area contributed by atoms with Crippen LogP contribution in [0, 0.1) is 0 Å². The van der Waals surface area contributed by atoms with E-state index >= 15 is 0 Å². The number of ether oxygens (including phenoxy) is 1. The largest absolute Gasteiger partial charge is 0.459 e. The molecule has 0 saturated carbocycles. The van der Waals surface area contributed by atoms with Gasteiger partial charge in [0.05, 0.1) is 0 Å². The number of hydrogen-bond acceptors (Lipinski definition) is 4. The first-order valence-electron chi connectivity index (χ1n) is 5.41. The Morgan fingerprint density at radius 3 is 2.71 bits per heavy atom. The van der Waals surface area contributed by atoms with Gasteiger partial charge in [-0.15, -0.1) is 0 Å². The highest BCUT2D eigenvalue weighted by Gasteiger charge is 2.34. The lowest BCUT2D eigenvalue weighted by Crippen LogP contribution is -2.62. The molecule has 1 unspecified atom stereocenters. The molecule has 90 valence electrons. The lowest BCUT2D eigenvalue weighted by Gasteiger charge is -2.35. The van der Waals surface area contributed by atoms with E-state index in [2.05, 4.69) is 0 Å². The molecular formula is C12H14N2O3. The highest BCUT2D eigenvalue weighted by Crippen LogP contribution is 2.08. The van der Waals surface area contributed by atoms with Crippen molar-refractivity contribution in [3.63, 3.8) is 0 Å². The molecule has 2 N–H and O–H groups in total. The molecule has 2 rings (SSSR count). The first-order valence-corrected chi connectivity index (χ1v) is 5.41. The Morgan fingerprint density at radius 2 is 2.12 bits per heavy atom. The zero-order valence-corrected chi connectivity index (χ0v) is 9.33. The van der Waals surface area contributed by atoms with Crippen molar-refractivity contribution in [2.75, 3.05) is 13.1 Å². The summed E-state index contributed by atoms with van der Waals surface area (Å²) in [5, 5.41) is 0. The molecule has 1 saturated heterocycles. The summed E-state index contributed by atoms with van der Waals surface area (Å²) < 4.78 is 5.04. The van der Waals surface area contributed by atoms with E-state index in [0.717, 1.165) is 5.56 Å².